The maximum atomic E-state index is 12.5. The Labute approximate surface area is 261 Å². The molecular formula is C37H54O4Se. The predicted octanol–water partition coefficient (Wildman–Crippen LogP) is 7.93. The molecule has 0 saturated heterocycles. The van der Waals surface area contributed by atoms with Gasteiger partial charge in [0, 0.05) is 0 Å². The number of allylic oxidation sites excluding steroid dienone is 1. The predicted molar refractivity (Wildman–Crippen MR) is 170 cm³/mol. The fourth-order valence-electron chi connectivity index (χ4n) is 10.1. The summed E-state index contributed by atoms with van der Waals surface area (Å²) in [6.45, 7) is 15.3. The zero-order chi connectivity index (χ0) is 30.2. The first kappa shape index (κ1) is 31.8. The van der Waals surface area contributed by atoms with Crippen LogP contribution in [0.2, 0.25) is 4.82 Å². The molecule has 1 aromatic rings. The summed E-state index contributed by atoms with van der Waals surface area (Å²) >= 11 is 0.309. The average molecular weight is 642 g/mol. The van der Waals surface area contributed by atoms with E-state index in [-0.39, 0.29) is 29.6 Å². The molecule has 0 heterocycles. The summed E-state index contributed by atoms with van der Waals surface area (Å²) in [5, 5.41) is 0. The van der Waals surface area contributed by atoms with Crippen molar-refractivity contribution < 1.29 is 19.1 Å². The maximum absolute atomic E-state index is 12.5. The van der Waals surface area contributed by atoms with E-state index in [0.717, 1.165) is 24.2 Å². The third-order valence-electron chi connectivity index (χ3n) is 12.0. The number of esters is 2. The van der Waals surface area contributed by atoms with E-state index in [2.05, 4.69) is 71.0 Å². The first-order valence-corrected chi connectivity index (χ1v) is 18.5. The first-order valence-electron chi connectivity index (χ1n) is 16.7. The summed E-state index contributed by atoms with van der Waals surface area (Å²) in [7, 11) is 0. The number of benzene rings is 1. The molecule has 10 atom stereocenters. The second kappa shape index (κ2) is 12.8. The van der Waals surface area contributed by atoms with Gasteiger partial charge in [-0.1, -0.05) is 0 Å². The molecule has 5 rings (SSSR count). The van der Waals surface area contributed by atoms with E-state index in [1.807, 2.05) is 0 Å². The van der Waals surface area contributed by atoms with E-state index in [1.54, 1.807) is 0 Å². The molecule has 0 aliphatic heterocycles. The second-order valence-electron chi connectivity index (χ2n) is 15.0. The van der Waals surface area contributed by atoms with Gasteiger partial charge in [0.25, 0.3) is 0 Å². The van der Waals surface area contributed by atoms with Gasteiger partial charge < -0.3 is 0 Å². The van der Waals surface area contributed by atoms with Crippen molar-refractivity contribution >= 4 is 31.4 Å². The summed E-state index contributed by atoms with van der Waals surface area (Å²) in [5.74, 6) is 3.63. The SMILES string of the molecule is CC(=O)OC1CC2=C[C@H]([Se]c3ccccc3)C3C4CC[C@H]([C@H](C)CCCC(C)C)[C@@]4(C)CCC3[C@@]2(C)[C@@H](OC(C)=O)C1. The van der Waals surface area contributed by atoms with Gasteiger partial charge in [0.2, 0.25) is 0 Å². The van der Waals surface area contributed by atoms with Gasteiger partial charge >= 0.3 is 262 Å². The van der Waals surface area contributed by atoms with Crippen molar-refractivity contribution in [2.75, 3.05) is 0 Å². The molecule has 42 heavy (non-hydrogen) atoms. The Kier molecular flexibility index (Phi) is 9.70. The fourth-order valence-corrected chi connectivity index (χ4v) is 13.0. The van der Waals surface area contributed by atoms with E-state index >= 15 is 0 Å². The Morgan fingerprint density at radius 1 is 0.952 bits per heavy atom. The summed E-state index contributed by atoms with van der Waals surface area (Å²) in [6, 6.07) is 11.1. The Morgan fingerprint density at radius 2 is 1.67 bits per heavy atom. The summed E-state index contributed by atoms with van der Waals surface area (Å²) in [6.07, 6.45) is 12.6. The Bertz CT molecular complexity index is 1150. The Hall–Kier alpha value is -1.58. The molecule has 0 amide bonds. The molecule has 0 N–H and O–H groups in total. The topological polar surface area (TPSA) is 52.6 Å². The molecule has 0 bridgehead atoms. The average Bonchev–Trinajstić information content (AvgIpc) is 3.27. The van der Waals surface area contributed by atoms with Crippen molar-refractivity contribution in [1.29, 1.82) is 0 Å². The number of rotatable bonds is 9. The minimum atomic E-state index is -0.256. The molecule has 0 radical (unpaired) electrons. The molecule has 0 aromatic heterocycles. The number of ether oxygens (including phenoxy) is 2. The number of hydrogen-bond donors (Lipinski definition) is 0. The fraction of sp³-hybridized carbons (Fsp3) is 0.730. The van der Waals surface area contributed by atoms with E-state index in [4.69, 9.17) is 9.47 Å². The quantitative estimate of drug-likeness (QED) is 0.156. The van der Waals surface area contributed by atoms with Crippen molar-refractivity contribution in [1.82, 2.24) is 0 Å². The standard InChI is InChI=1S/C37H54O4Se/c1-23(2)12-11-13-24(3)30-16-17-31-35-32(18-19-36(30,31)6)37(7)27(21-33(35)42-29-14-9-8-10-15-29)20-28(40-25(4)38)22-34(37)41-26(5)39/h8-10,14-15,21,23-24,28,30-35H,11-13,16-20,22H2,1-7H3/t24-,28?,30-,31?,32?,33+,34+,35?,36-,37+/m1/s1. The first-order chi connectivity index (χ1) is 19.9. The van der Waals surface area contributed by atoms with Crippen LogP contribution in [-0.2, 0) is 19.1 Å². The van der Waals surface area contributed by atoms with Crippen LogP contribution < -0.4 is 4.46 Å². The summed E-state index contributed by atoms with van der Waals surface area (Å²) in [4.78, 5) is 25.0. The molecule has 4 nitrogen and oxygen atoms in total. The van der Waals surface area contributed by atoms with Crippen LogP contribution in [0.1, 0.15) is 106 Å². The Balaban J connectivity index is 1.52. The van der Waals surface area contributed by atoms with Crippen LogP contribution in [0.5, 0.6) is 0 Å². The summed E-state index contributed by atoms with van der Waals surface area (Å²) < 4.78 is 13.4. The molecule has 4 aliphatic rings. The summed E-state index contributed by atoms with van der Waals surface area (Å²) in [5.41, 5.74) is 1.53. The second-order valence-corrected chi connectivity index (χ2v) is 17.6. The number of carbonyl (C=O) groups excluding carboxylic acids is 2. The number of fused-ring (bicyclic) bond motifs is 5. The van der Waals surface area contributed by atoms with Crippen LogP contribution in [0.15, 0.2) is 42.0 Å². The van der Waals surface area contributed by atoms with E-state index in [1.165, 1.54) is 68.8 Å². The van der Waals surface area contributed by atoms with E-state index in [0.29, 0.717) is 49.4 Å². The third-order valence-corrected chi connectivity index (χ3v) is 14.6. The van der Waals surface area contributed by atoms with E-state index in [9.17, 15) is 9.59 Å². The molecule has 3 saturated carbocycles. The van der Waals surface area contributed by atoms with Gasteiger partial charge in [0.15, 0.2) is 0 Å². The van der Waals surface area contributed by atoms with Gasteiger partial charge in [-0.15, -0.1) is 0 Å². The van der Waals surface area contributed by atoms with Gasteiger partial charge in [0.05, 0.1) is 0 Å². The molecule has 4 unspecified atom stereocenters. The van der Waals surface area contributed by atoms with Gasteiger partial charge in [-0.05, 0) is 0 Å². The monoisotopic (exact) mass is 642 g/mol. The molecule has 3 fully saturated rings. The van der Waals surface area contributed by atoms with Gasteiger partial charge in [-0.25, -0.2) is 0 Å². The van der Waals surface area contributed by atoms with Crippen molar-refractivity contribution in [2.24, 2.45) is 46.3 Å². The zero-order valence-electron chi connectivity index (χ0n) is 27.1. The molecule has 232 valence electrons. The van der Waals surface area contributed by atoms with Crippen molar-refractivity contribution in [3.8, 4) is 0 Å². The normalized spacial score (nSPS) is 38.1. The van der Waals surface area contributed by atoms with E-state index < -0.39 is 0 Å². The van der Waals surface area contributed by atoms with Crippen LogP contribution in [0.25, 0.3) is 0 Å². The molecule has 0 spiro atoms. The minimum absolute atomic E-state index is 0.210. The van der Waals surface area contributed by atoms with Crippen LogP contribution in [0.4, 0.5) is 0 Å². The molecule has 1 aromatic carbocycles. The molecular weight excluding hydrogens is 587 g/mol. The zero-order valence-corrected chi connectivity index (χ0v) is 28.8. The van der Waals surface area contributed by atoms with Gasteiger partial charge in [-0.3, -0.25) is 0 Å². The van der Waals surface area contributed by atoms with Crippen LogP contribution in [0, 0.1) is 46.3 Å². The third kappa shape index (κ3) is 6.16. The van der Waals surface area contributed by atoms with Crippen molar-refractivity contribution in [3.63, 3.8) is 0 Å². The molecule has 5 heteroatoms. The van der Waals surface area contributed by atoms with Gasteiger partial charge in [0.1, 0.15) is 0 Å². The van der Waals surface area contributed by atoms with Crippen LogP contribution in [0.3, 0.4) is 0 Å². The van der Waals surface area contributed by atoms with Crippen molar-refractivity contribution in [3.05, 3.63) is 42.0 Å². The van der Waals surface area contributed by atoms with Crippen LogP contribution in [-0.4, -0.2) is 39.1 Å². The van der Waals surface area contributed by atoms with Gasteiger partial charge in [-0.2, -0.15) is 0 Å². The van der Waals surface area contributed by atoms with Crippen LogP contribution >= 0.6 is 0 Å². The Morgan fingerprint density at radius 3 is 2.33 bits per heavy atom. The van der Waals surface area contributed by atoms with Crippen molar-refractivity contribution in [2.45, 2.75) is 123 Å². The number of carbonyl (C=O) groups is 2. The number of hydrogen-bond acceptors (Lipinski definition) is 4. The molecule has 4 aliphatic carbocycles.